The number of hydrogen-bond acceptors (Lipinski definition) is 5. The molecule has 1 aromatic heterocycles. The molecule has 1 aliphatic heterocycles. The maximum absolute atomic E-state index is 10.6. The fourth-order valence-electron chi connectivity index (χ4n) is 2.38. The van der Waals surface area contributed by atoms with Crippen LogP contribution in [0, 0.1) is 0 Å². The highest BCUT2D eigenvalue weighted by Crippen LogP contribution is 2.20. The quantitative estimate of drug-likeness (QED) is 0.776. The Bertz CT molecular complexity index is 444. The summed E-state index contributed by atoms with van der Waals surface area (Å²) in [7, 11) is 0. The summed E-state index contributed by atoms with van der Waals surface area (Å²) in [6.07, 6.45) is 5.66. The van der Waals surface area contributed by atoms with Crippen molar-refractivity contribution in [3.63, 3.8) is 0 Å². The second kappa shape index (κ2) is 7.64. The van der Waals surface area contributed by atoms with E-state index < -0.39 is 5.97 Å². The van der Waals surface area contributed by atoms with Gasteiger partial charge in [0.2, 0.25) is 0 Å². The maximum atomic E-state index is 10.6. The molecule has 0 bridgehead atoms. The number of thioether (sulfide) groups is 1. The van der Waals surface area contributed by atoms with Crippen LogP contribution < -0.4 is 0 Å². The van der Waals surface area contributed by atoms with Crippen LogP contribution in [-0.4, -0.2) is 44.3 Å². The molecular formula is C13H21N3O3S. The first-order chi connectivity index (χ1) is 9.70. The minimum Gasteiger partial charge on any atom is -0.481 e. The average Bonchev–Trinajstić information content (AvgIpc) is 2.86. The molecule has 112 valence electrons. The van der Waals surface area contributed by atoms with Crippen LogP contribution in [0.25, 0.3) is 0 Å². The summed E-state index contributed by atoms with van der Waals surface area (Å²) in [6.45, 7) is 3.65. The third-order valence-electron chi connectivity index (χ3n) is 3.40. The van der Waals surface area contributed by atoms with Gasteiger partial charge < -0.3 is 14.4 Å². The van der Waals surface area contributed by atoms with Gasteiger partial charge in [-0.2, -0.15) is 0 Å². The summed E-state index contributed by atoms with van der Waals surface area (Å²) in [5, 5.41) is 17.7. The average molecular weight is 299 g/mol. The highest BCUT2D eigenvalue weighted by atomic mass is 32.2. The Labute approximate surface area is 122 Å². The summed E-state index contributed by atoms with van der Waals surface area (Å²) in [5.41, 5.74) is 0. The van der Waals surface area contributed by atoms with E-state index in [-0.39, 0.29) is 5.75 Å². The van der Waals surface area contributed by atoms with Gasteiger partial charge in [-0.05, 0) is 32.6 Å². The number of rotatable bonds is 7. The Kier molecular flexibility index (Phi) is 5.85. The van der Waals surface area contributed by atoms with Gasteiger partial charge in [-0.15, -0.1) is 10.2 Å². The molecule has 0 saturated carbocycles. The van der Waals surface area contributed by atoms with E-state index in [0.717, 1.165) is 44.7 Å². The smallest absolute Gasteiger partial charge is 0.313 e. The normalized spacial score (nSPS) is 19.1. The molecule has 0 radical (unpaired) electrons. The van der Waals surface area contributed by atoms with E-state index in [4.69, 9.17) is 9.84 Å². The van der Waals surface area contributed by atoms with Crippen molar-refractivity contribution in [3.8, 4) is 0 Å². The SMILES string of the molecule is CCn1c(CCC2CCCCO2)nnc1SCC(=O)O. The van der Waals surface area contributed by atoms with Crippen LogP contribution in [-0.2, 0) is 22.5 Å². The lowest BCUT2D eigenvalue weighted by atomic mass is 10.0. The highest BCUT2D eigenvalue weighted by Gasteiger charge is 2.17. The summed E-state index contributed by atoms with van der Waals surface area (Å²) in [5.74, 6) is 0.108. The molecule has 2 heterocycles. The van der Waals surface area contributed by atoms with Gasteiger partial charge in [0.15, 0.2) is 5.16 Å². The van der Waals surface area contributed by atoms with Gasteiger partial charge in [-0.3, -0.25) is 4.79 Å². The molecule has 0 aliphatic carbocycles. The van der Waals surface area contributed by atoms with Gasteiger partial charge in [0.05, 0.1) is 11.9 Å². The first kappa shape index (κ1) is 15.3. The topological polar surface area (TPSA) is 77.2 Å². The first-order valence-electron chi connectivity index (χ1n) is 7.09. The van der Waals surface area contributed by atoms with Crippen LogP contribution >= 0.6 is 11.8 Å². The first-order valence-corrected chi connectivity index (χ1v) is 8.07. The van der Waals surface area contributed by atoms with Crippen LogP contribution in [0.2, 0.25) is 0 Å². The third-order valence-corrected chi connectivity index (χ3v) is 4.35. The number of carboxylic acid groups (broad SMARTS) is 1. The maximum Gasteiger partial charge on any atom is 0.313 e. The zero-order chi connectivity index (χ0) is 14.4. The fraction of sp³-hybridized carbons (Fsp3) is 0.769. The Morgan fingerprint density at radius 2 is 2.35 bits per heavy atom. The number of carbonyl (C=O) groups is 1. The van der Waals surface area contributed by atoms with Gasteiger partial charge in [-0.25, -0.2) is 0 Å². The predicted molar refractivity (Wildman–Crippen MR) is 76.0 cm³/mol. The molecule has 20 heavy (non-hydrogen) atoms. The Morgan fingerprint density at radius 1 is 1.50 bits per heavy atom. The molecule has 0 amide bonds. The number of aliphatic carboxylic acids is 1. The number of hydrogen-bond donors (Lipinski definition) is 1. The Morgan fingerprint density at radius 3 is 3.00 bits per heavy atom. The van der Waals surface area contributed by atoms with E-state index in [1.807, 2.05) is 11.5 Å². The summed E-state index contributed by atoms with van der Waals surface area (Å²) >= 11 is 1.22. The van der Waals surface area contributed by atoms with E-state index in [1.165, 1.54) is 18.2 Å². The lowest BCUT2D eigenvalue weighted by molar-refractivity contribution is -0.133. The standard InChI is InChI=1S/C13H21N3O3S/c1-2-16-11(7-6-10-5-3-4-8-19-10)14-15-13(16)20-9-12(17)18/h10H,2-9H2,1H3,(H,17,18). The summed E-state index contributed by atoms with van der Waals surface area (Å²) in [4.78, 5) is 10.6. The Hall–Kier alpha value is -1.08. The van der Waals surface area contributed by atoms with Crippen molar-refractivity contribution in [1.29, 1.82) is 0 Å². The summed E-state index contributed by atoms with van der Waals surface area (Å²) < 4.78 is 7.72. The summed E-state index contributed by atoms with van der Waals surface area (Å²) in [6, 6.07) is 0. The van der Waals surface area contributed by atoms with Crippen LogP contribution in [0.1, 0.15) is 38.4 Å². The fourth-order valence-corrected chi connectivity index (χ4v) is 3.12. The number of aryl methyl sites for hydroxylation is 1. The molecule has 1 saturated heterocycles. The second-order valence-corrected chi connectivity index (χ2v) is 5.80. The van der Waals surface area contributed by atoms with Crippen molar-refractivity contribution in [2.75, 3.05) is 12.4 Å². The number of aromatic nitrogens is 3. The van der Waals surface area contributed by atoms with Crippen molar-refractivity contribution in [3.05, 3.63) is 5.82 Å². The minimum atomic E-state index is -0.835. The van der Waals surface area contributed by atoms with Gasteiger partial charge in [-0.1, -0.05) is 11.8 Å². The van der Waals surface area contributed by atoms with E-state index >= 15 is 0 Å². The molecule has 1 unspecified atom stereocenters. The van der Waals surface area contributed by atoms with Crippen LogP contribution in [0.4, 0.5) is 0 Å². The van der Waals surface area contributed by atoms with Crippen LogP contribution in [0.15, 0.2) is 5.16 Å². The van der Waals surface area contributed by atoms with Crippen LogP contribution in [0.3, 0.4) is 0 Å². The molecule has 2 rings (SSSR count). The van der Waals surface area contributed by atoms with E-state index in [1.54, 1.807) is 0 Å². The van der Waals surface area contributed by atoms with Gasteiger partial charge >= 0.3 is 5.97 Å². The van der Waals surface area contributed by atoms with Crippen LogP contribution in [0.5, 0.6) is 0 Å². The molecule has 0 aromatic carbocycles. The minimum absolute atomic E-state index is 0.0177. The van der Waals surface area contributed by atoms with Gasteiger partial charge in [0.1, 0.15) is 5.82 Å². The lowest BCUT2D eigenvalue weighted by Gasteiger charge is -2.22. The molecule has 1 aromatic rings. The van der Waals surface area contributed by atoms with Gasteiger partial charge in [0.25, 0.3) is 0 Å². The third kappa shape index (κ3) is 4.21. The molecule has 1 atom stereocenters. The Balaban J connectivity index is 1.91. The molecule has 0 spiro atoms. The molecule has 1 aliphatic rings. The molecule has 7 heteroatoms. The number of nitrogens with zero attached hydrogens (tertiary/aromatic N) is 3. The van der Waals surface area contributed by atoms with Crippen molar-refractivity contribution in [1.82, 2.24) is 14.8 Å². The second-order valence-electron chi connectivity index (χ2n) is 4.85. The molecule has 1 N–H and O–H groups in total. The number of carboxylic acids is 1. The highest BCUT2D eigenvalue weighted by molar-refractivity contribution is 7.99. The van der Waals surface area contributed by atoms with E-state index in [2.05, 4.69) is 10.2 Å². The molecular weight excluding hydrogens is 278 g/mol. The predicted octanol–water partition coefficient (Wildman–Crippen LogP) is 1.98. The largest absolute Gasteiger partial charge is 0.481 e. The molecule has 1 fully saturated rings. The lowest BCUT2D eigenvalue weighted by Crippen LogP contribution is -2.20. The van der Waals surface area contributed by atoms with Crippen molar-refractivity contribution in [2.45, 2.75) is 56.8 Å². The van der Waals surface area contributed by atoms with Gasteiger partial charge in [0, 0.05) is 19.6 Å². The van der Waals surface area contributed by atoms with Crippen molar-refractivity contribution < 1.29 is 14.6 Å². The zero-order valence-electron chi connectivity index (χ0n) is 11.7. The van der Waals surface area contributed by atoms with Crippen molar-refractivity contribution in [2.24, 2.45) is 0 Å². The van der Waals surface area contributed by atoms with E-state index in [9.17, 15) is 4.79 Å². The van der Waals surface area contributed by atoms with E-state index in [0.29, 0.717) is 11.3 Å². The monoisotopic (exact) mass is 299 g/mol. The zero-order valence-corrected chi connectivity index (χ0v) is 12.6. The molecule has 6 nitrogen and oxygen atoms in total. The van der Waals surface area contributed by atoms with Crippen molar-refractivity contribution >= 4 is 17.7 Å². The number of ether oxygens (including phenoxy) is 1.